The van der Waals surface area contributed by atoms with E-state index in [4.69, 9.17) is 0 Å². The quantitative estimate of drug-likeness (QED) is 0.685. The van der Waals surface area contributed by atoms with Gasteiger partial charge in [0.1, 0.15) is 0 Å². The Balaban J connectivity index is 2.24. The molecule has 0 saturated carbocycles. The molecule has 1 aromatic heterocycles. The highest BCUT2D eigenvalue weighted by Crippen LogP contribution is 2.33. The van der Waals surface area contributed by atoms with E-state index in [9.17, 15) is 0 Å². The highest BCUT2D eigenvalue weighted by Gasteiger charge is 2.27. The van der Waals surface area contributed by atoms with Crippen LogP contribution in [0.15, 0.2) is 46.3 Å². The standard InChI is InChI=1S/C18H24BrNS/c1-4-13(2)18(14-8-6-5-7-9-14)16(20-3)12-15-10-11-17(19)21-15/h5-11,13,16,18,20H,4,12H2,1-3H3. The molecule has 0 aliphatic heterocycles. The van der Waals surface area contributed by atoms with E-state index in [1.807, 2.05) is 11.3 Å². The van der Waals surface area contributed by atoms with Crippen LogP contribution in [0.5, 0.6) is 0 Å². The van der Waals surface area contributed by atoms with Gasteiger partial charge < -0.3 is 5.32 Å². The Morgan fingerprint density at radius 2 is 1.86 bits per heavy atom. The molecule has 1 nitrogen and oxygen atoms in total. The van der Waals surface area contributed by atoms with Gasteiger partial charge >= 0.3 is 0 Å². The molecule has 0 spiro atoms. The second kappa shape index (κ2) is 8.11. The Bertz CT molecular complexity index is 537. The molecule has 0 aliphatic carbocycles. The summed E-state index contributed by atoms with van der Waals surface area (Å²) in [4.78, 5) is 1.44. The fourth-order valence-electron chi connectivity index (χ4n) is 2.97. The van der Waals surface area contributed by atoms with Crippen molar-refractivity contribution in [3.63, 3.8) is 0 Å². The molecule has 1 aromatic carbocycles. The average Bonchev–Trinajstić information content (AvgIpc) is 2.92. The normalized spacial score (nSPS) is 15.6. The first-order valence-electron chi connectivity index (χ1n) is 7.62. The lowest BCUT2D eigenvalue weighted by atomic mass is 9.79. The first kappa shape index (κ1) is 16.7. The molecule has 0 bridgehead atoms. The van der Waals surface area contributed by atoms with Crippen molar-refractivity contribution in [3.8, 4) is 0 Å². The van der Waals surface area contributed by atoms with Crippen LogP contribution in [0.3, 0.4) is 0 Å². The van der Waals surface area contributed by atoms with Gasteiger partial charge in [-0.2, -0.15) is 0 Å². The van der Waals surface area contributed by atoms with Crippen molar-refractivity contribution in [2.45, 2.75) is 38.6 Å². The van der Waals surface area contributed by atoms with E-state index >= 15 is 0 Å². The van der Waals surface area contributed by atoms with Crippen LogP contribution in [0.25, 0.3) is 0 Å². The lowest BCUT2D eigenvalue weighted by Crippen LogP contribution is -2.37. The third-order valence-electron chi connectivity index (χ3n) is 4.30. The smallest absolute Gasteiger partial charge is 0.0701 e. The predicted molar refractivity (Wildman–Crippen MR) is 97.2 cm³/mol. The maximum atomic E-state index is 3.57. The number of benzene rings is 1. The predicted octanol–water partition coefficient (Wildman–Crippen LogP) is 5.47. The van der Waals surface area contributed by atoms with E-state index in [0.29, 0.717) is 17.9 Å². The minimum absolute atomic E-state index is 0.466. The monoisotopic (exact) mass is 365 g/mol. The Hall–Kier alpha value is -0.640. The van der Waals surface area contributed by atoms with Crippen molar-refractivity contribution in [1.29, 1.82) is 0 Å². The van der Waals surface area contributed by atoms with Crippen molar-refractivity contribution < 1.29 is 0 Å². The number of hydrogen-bond donors (Lipinski definition) is 1. The topological polar surface area (TPSA) is 12.0 Å². The third-order valence-corrected chi connectivity index (χ3v) is 5.94. The van der Waals surface area contributed by atoms with Gasteiger partial charge in [0.05, 0.1) is 3.79 Å². The Kier molecular flexibility index (Phi) is 6.46. The molecule has 1 N–H and O–H groups in total. The maximum absolute atomic E-state index is 3.57. The first-order valence-corrected chi connectivity index (χ1v) is 9.23. The summed E-state index contributed by atoms with van der Waals surface area (Å²) in [7, 11) is 2.09. The number of halogens is 1. The first-order chi connectivity index (χ1) is 10.2. The number of nitrogens with one attached hydrogen (secondary N) is 1. The van der Waals surface area contributed by atoms with Gasteiger partial charge in [-0.1, -0.05) is 50.6 Å². The van der Waals surface area contributed by atoms with Crippen LogP contribution in [0.1, 0.15) is 36.6 Å². The van der Waals surface area contributed by atoms with E-state index < -0.39 is 0 Å². The van der Waals surface area contributed by atoms with E-state index in [1.54, 1.807) is 0 Å². The molecule has 114 valence electrons. The molecule has 0 radical (unpaired) electrons. The molecule has 3 heteroatoms. The van der Waals surface area contributed by atoms with E-state index in [-0.39, 0.29) is 0 Å². The Morgan fingerprint density at radius 1 is 1.14 bits per heavy atom. The minimum Gasteiger partial charge on any atom is -0.316 e. The molecule has 0 saturated heterocycles. The molecule has 2 rings (SSSR count). The largest absolute Gasteiger partial charge is 0.316 e. The van der Waals surface area contributed by atoms with Crippen LogP contribution in [0.2, 0.25) is 0 Å². The van der Waals surface area contributed by atoms with Crippen LogP contribution < -0.4 is 5.32 Å². The highest BCUT2D eigenvalue weighted by atomic mass is 79.9. The Morgan fingerprint density at radius 3 is 2.38 bits per heavy atom. The van der Waals surface area contributed by atoms with Crippen LogP contribution >= 0.6 is 27.3 Å². The molecule has 2 aromatic rings. The molecule has 0 fully saturated rings. The molecule has 1 heterocycles. The summed E-state index contributed by atoms with van der Waals surface area (Å²) in [5.41, 5.74) is 1.45. The Labute approximate surface area is 140 Å². The lowest BCUT2D eigenvalue weighted by Gasteiger charge is -2.32. The summed E-state index contributed by atoms with van der Waals surface area (Å²) in [6, 6.07) is 15.8. The molecule has 3 atom stereocenters. The summed E-state index contributed by atoms with van der Waals surface area (Å²) in [5, 5.41) is 3.56. The molecule has 0 amide bonds. The number of rotatable bonds is 7. The number of thiophene rings is 1. The van der Waals surface area contributed by atoms with Gasteiger partial charge in [0.2, 0.25) is 0 Å². The lowest BCUT2D eigenvalue weighted by molar-refractivity contribution is 0.347. The van der Waals surface area contributed by atoms with Gasteiger partial charge in [-0.15, -0.1) is 11.3 Å². The van der Waals surface area contributed by atoms with Gasteiger partial charge in [0, 0.05) is 16.8 Å². The summed E-state index contributed by atoms with van der Waals surface area (Å²) in [6.45, 7) is 4.65. The van der Waals surface area contributed by atoms with Crippen LogP contribution in [-0.2, 0) is 6.42 Å². The van der Waals surface area contributed by atoms with Crippen molar-refractivity contribution in [2.75, 3.05) is 7.05 Å². The third kappa shape index (κ3) is 4.41. The van der Waals surface area contributed by atoms with Crippen molar-refractivity contribution in [3.05, 3.63) is 56.7 Å². The van der Waals surface area contributed by atoms with Crippen molar-refractivity contribution in [2.24, 2.45) is 5.92 Å². The van der Waals surface area contributed by atoms with E-state index in [0.717, 1.165) is 6.42 Å². The molecular weight excluding hydrogens is 342 g/mol. The molecule has 3 unspecified atom stereocenters. The fourth-order valence-corrected chi connectivity index (χ4v) is 4.51. The average molecular weight is 366 g/mol. The summed E-state index contributed by atoms with van der Waals surface area (Å²) in [6.07, 6.45) is 2.28. The second-order valence-corrected chi connectivity index (χ2v) is 8.17. The van der Waals surface area contributed by atoms with Gasteiger partial charge in [0.15, 0.2) is 0 Å². The van der Waals surface area contributed by atoms with E-state index in [1.165, 1.54) is 20.6 Å². The van der Waals surface area contributed by atoms with Gasteiger partial charge in [-0.05, 0) is 53.0 Å². The zero-order chi connectivity index (χ0) is 15.2. The second-order valence-electron chi connectivity index (χ2n) is 5.63. The zero-order valence-corrected chi connectivity index (χ0v) is 15.4. The van der Waals surface area contributed by atoms with Crippen molar-refractivity contribution >= 4 is 27.3 Å². The van der Waals surface area contributed by atoms with Crippen molar-refractivity contribution in [1.82, 2.24) is 5.32 Å². The maximum Gasteiger partial charge on any atom is 0.0701 e. The molecule has 0 aliphatic rings. The zero-order valence-electron chi connectivity index (χ0n) is 13.0. The van der Waals surface area contributed by atoms with Crippen LogP contribution in [0, 0.1) is 5.92 Å². The number of likely N-dealkylation sites (N-methyl/N-ethyl adjacent to an activating group) is 1. The SMILES string of the molecule is CCC(C)C(c1ccccc1)C(Cc1ccc(Br)s1)NC. The van der Waals surface area contributed by atoms with Gasteiger partial charge in [0.25, 0.3) is 0 Å². The number of hydrogen-bond acceptors (Lipinski definition) is 2. The fraction of sp³-hybridized carbons (Fsp3) is 0.444. The minimum atomic E-state index is 0.466. The van der Waals surface area contributed by atoms with E-state index in [2.05, 4.69) is 84.6 Å². The summed E-state index contributed by atoms with van der Waals surface area (Å²) in [5.74, 6) is 1.20. The highest BCUT2D eigenvalue weighted by molar-refractivity contribution is 9.11. The van der Waals surface area contributed by atoms with Crippen LogP contribution in [-0.4, -0.2) is 13.1 Å². The summed E-state index contributed by atoms with van der Waals surface area (Å²) < 4.78 is 1.21. The summed E-state index contributed by atoms with van der Waals surface area (Å²) >= 11 is 5.41. The van der Waals surface area contributed by atoms with Gasteiger partial charge in [-0.25, -0.2) is 0 Å². The van der Waals surface area contributed by atoms with Crippen LogP contribution in [0.4, 0.5) is 0 Å². The molecule has 21 heavy (non-hydrogen) atoms. The van der Waals surface area contributed by atoms with Gasteiger partial charge in [-0.3, -0.25) is 0 Å². The molecular formula is C18H24BrNS.